The van der Waals surface area contributed by atoms with E-state index in [1.54, 1.807) is 0 Å². The monoisotopic (exact) mass is 276 g/mol. The summed E-state index contributed by atoms with van der Waals surface area (Å²) in [6.07, 6.45) is 16.3. The SMILES string of the molecule is O=C(NC1CCNC2(CCCCC2)C1)C1CC=CCC1. The zero-order valence-corrected chi connectivity index (χ0v) is 12.5. The summed E-state index contributed by atoms with van der Waals surface area (Å²) in [5.74, 6) is 0.518. The molecule has 20 heavy (non-hydrogen) atoms. The van der Waals surface area contributed by atoms with Gasteiger partial charge in [-0.1, -0.05) is 31.4 Å². The van der Waals surface area contributed by atoms with Crippen LogP contribution in [-0.4, -0.2) is 24.0 Å². The van der Waals surface area contributed by atoms with Gasteiger partial charge in [0.25, 0.3) is 0 Å². The van der Waals surface area contributed by atoms with Crippen LogP contribution < -0.4 is 10.6 Å². The number of piperidine rings is 1. The minimum absolute atomic E-state index is 0.220. The molecule has 1 saturated carbocycles. The van der Waals surface area contributed by atoms with Crippen molar-refractivity contribution in [3.8, 4) is 0 Å². The summed E-state index contributed by atoms with van der Waals surface area (Å²) in [7, 11) is 0. The Morgan fingerprint density at radius 1 is 1.15 bits per heavy atom. The van der Waals surface area contributed by atoms with Gasteiger partial charge in [0.05, 0.1) is 0 Å². The van der Waals surface area contributed by atoms with Crippen LogP contribution in [0.4, 0.5) is 0 Å². The third-order valence-corrected chi connectivity index (χ3v) is 5.43. The number of allylic oxidation sites excluding steroid dienone is 2. The van der Waals surface area contributed by atoms with Crippen molar-refractivity contribution < 1.29 is 4.79 Å². The van der Waals surface area contributed by atoms with E-state index in [1.165, 1.54) is 32.1 Å². The van der Waals surface area contributed by atoms with E-state index in [0.717, 1.165) is 38.6 Å². The van der Waals surface area contributed by atoms with E-state index in [-0.39, 0.29) is 5.92 Å². The topological polar surface area (TPSA) is 41.1 Å². The molecule has 0 aromatic heterocycles. The predicted octanol–water partition coefficient (Wildman–Crippen LogP) is 2.91. The average molecular weight is 276 g/mol. The van der Waals surface area contributed by atoms with Crippen LogP contribution in [0, 0.1) is 5.92 Å². The number of nitrogens with one attached hydrogen (secondary N) is 2. The van der Waals surface area contributed by atoms with Crippen LogP contribution in [-0.2, 0) is 4.79 Å². The molecule has 0 bridgehead atoms. The lowest BCUT2D eigenvalue weighted by Gasteiger charge is -2.45. The Hall–Kier alpha value is -0.830. The predicted molar refractivity (Wildman–Crippen MR) is 81.5 cm³/mol. The van der Waals surface area contributed by atoms with Crippen molar-refractivity contribution in [3.05, 3.63) is 12.2 Å². The van der Waals surface area contributed by atoms with Crippen LogP contribution in [0.2, 0.25) is 0 Å². The zero-order chi connectivity index (χ0) is 13.8. The first-order valence-corrected chi connectivity index (χ1v) is 8.48. The van der Waals surface area contributed by atoms with Gasteiger partial charge in [0.1, 0.15) is 0 Å². The van der Waals surface area contributed by atoms with Gasteiger partial charge in [0.15, 0.2) is 0 Å². The van der Waals surface area contributed by atoms with E-state index >= 15 is 0 Å². The summed E-state index contributed by atoms with van der Waals surface area (Å²) >= 11 is 0. The molecule has 1 spiro atoms. The van der Waals surface area contributed by atoms with Gasteiger partial charge in [-0.3, -0.25) is 4.79 Å². The molecule has 2 atom stereocenters. The summed E-state index contributed by atoms with van der Waals surface area (Å²) < 4.78 is 0. The van der Waals surface area contributed by atoms with Gasteiger partial charge in [-0.25, -0.2) is 0 Å². The Morgan fingerprint density at radius 2 is 2.00 bits per heavy atom. The van der Waals surface area contributed by atoms with E-state index < -0.39 is 0 Å². The third kappa shape index (κ3) is 3.25. The first-order valence-electron chi connectivity index (χ1n) is 8.48. The molecular formula is C17H28N2O. The summed E-state index contributed by atoms with van der Waals surface area (Å²) in [6, 6.07) is 0.396. The van der Waals surface area contributed by atoms with E-state index in [1.807, 2.05) is 0 Å². The second-order valence-electron chi connectivity index (χ2n) is 6.95. The molecule has 112 valence electrons. The molecule has 1 aliphatic heterocycles. The quantitative estimate of drug-likeness (QED) is 0.761. The molecule has 0 aromatic rings. The molecule has 2 fully saturated rings. The Balaban J connectivity index is 1.54. The minimum atomic E-state index is 0.220. The van der Waals surface area contributed by atoms with Gasteiger partial charge in [-0.2, -0.15) is 0 Å². The van der Waals surface area contributed by atoms with Crippen LogP contribution in [0.5, 0.6) is 0 Å². The van der Waals surface area contributed by atoms with E-state index in [4.69, 9.17) is 0 Å². The molecule has 1 heterocycles. The number of hydrogen-bond donors (Lipinski definition) is 2. The average Bonchev–Trinajstić information content (AvgIpc) is 2.49. The minimum Gasteiger partial charge on any atom is -0.353 e. The highest BCUT2D eigenvalue weighted by atomic mass is 16.1. The maximum absolute atomic E-state index is 12.4. The van der Waals surface area contributed by atoms with Crippen molar-refractivity contribution in [2.24, 2.45) is 5.92 Å². The molecule has 3 heteroatoms. The van der Waals surface area contributed by atoms with Crippen LogP contribution in [0.25, 0.3) is 0 Å². The lowest BCUT2D eigenvalue weighted by Crippen LogP contribution is -2.57. The van der Waals surface area contributed by atoms with Crippen molar-refractivity contribution in [1.29, 1.82) is 0 Å². The number of rotatable bonds is 2. The first kappa shape index (κ1) is 14.1. The summed E-state index contributed by atoms with van der Waals surface area (Å²) in [4.78, 5) is 12.4. The van der Waals surface area contributed by atoms with Crippen molar-refractivity contribution in [2.75, 3.05) is 6.54 Å². The Labute approximate surface area is 122 Å². The first-order chi connectivity index (χ1) is 9.77. The second kappa shape index (κ2) is 6.30. The van der Waals surface area contributed by atoms with Gasteiger partial charge < -0.3 is 10.6 Å². The maximum atomic E-state index is 12.4. The molecule has 1 amide bonds. The molecule has 0 aromatic carbocycles. The molecule has 2 N–H and O–H groups in total. The molecule has 3 nitrogen and oxygen atoms in total. The molecule has 2 unspecified atom stereocenters. The Morgan fingerprint density at radius 3 is 2.75 bits per heavy atom. The summed E-state index contributed by atoms with van der Waals surface area (Å²) in [5, 5.41) is 7.10. The molecular weight excluding hydrogens is 248 g/mol. The van der Waals surface area contributed by atoms with Gasteiger partial charge in [-0.05, 0) is 51.5 Å². The molecule has 3 aliphatic rings. The molecule has 3 rings (SSSR count). The van der Waals surface area contributed by atoms with Crippen molar-refractivity contribution in [1.82, 2.24) is 10.6 Å². The van der Waals surface area contributed by atoms with Gasteiger partial charge in [-0.15, -0.1) is 0 Å². The van der Waals surface area contributed by atoms with Crippen LogP contribution in [0.3, 0.4) is 0 Å². The van der Waals surface area contributed by atoms with Gasteiger partial charge in [0, 0.05) is 17.5 Å². The highest BCUT2D eigenvalue weighted by molar-refractivity contribution is 5.79. The fourth-order valence-corrected chi connectivity index (χ4v) is 4.24. The molecule has 1 saturated heterocycles. The number of carbonyl (C=O) groups excluding carboxylic acids is 1. The maximum Gasteiger partial charge on any atom is 0.223 e. The van der Waals surface area contributed by atoms with E-state index in [2.05, 4.69) is 22.8 Å². The van der Waals surface area contributed by atoms with Crippen molar-refractivity contribution in [2.45, 2.75) is 75.8 Å². The van der Waals surface area contributed by atoms with Crippen LogP contribution in [0.15, 0.2) is 12.2 Å². The van der Waals surface area contributed by atoms with E-state index in [0.29, 0.717) is 17.5 Å². The van der Waals surface area contributed by atoms with Gasteiger partial charge >= 0.3 is 0 Å². The largest absolute Gasteiger partial charge is 0.353 e. The highest BCUT2D eigenvalue weighted by Gasteiger charge is 2.37. The van der Waals surface area contributed by atoms with Crippen molar-refractivity contribution >= 4 is 5.91 Å². The number of amides is 1. The normalized spacial score (nSPS) is 33.0. The lowest BCUT2D eigenvalue weighted by molar-refractivity contribution is -0.126. The third-order valence-electron chi connectivity index (χ3n) is 5.43. The smallest absolute Gasteiger partial charge is 0.223 e. The number of carbonyl (C=O) groups is 1. The van der Waals surface area contributed by atoms with Crippen LogP contribution >= 0.6 is 0 Å². The Bertz CT molecular complexity index is 366. The molecule has 0 radical (unpaired) electrons. The van der Waals surface area contributed by atoms with E-state index in [9.17, 15) is 4.79 Å². The highest BCUT2D eigenvalue weighted by Crippen LogP contribution is 2.34. The second-order valence-corrected chi connectivity index (χ2v) is 6.95. The lowest BCUT2D eigenvalue weighted by atomic mass is 9.75. The summed E-state index contributed by atoms with van der Waals surface area (Å²) in [6.45, 7) is 1.06. The fourth-order valence-electron chi connectivity index (χ4n) is 4.24. The zero-order valence-electron chi connectivity index (χ0n) is 12.5. The van der Waals surface area contributed by atoms with Crippen molar-refractivity contribution in [3.63, 3.8) is 0 Å². The van der Waals surface area contributed by atoms with Crippen LogP contribution in [0.1, 0.15) is 64.2 Å². The Kier molecular flexibility index (Phi) is 4.45. The number of hydrogen-bond acceptors (Lipinski definition) is 2. The molecule has 2 aliphatic carbocycles. The summed E-state index contributed by atoms with van der Waals surface area (Å²) in [5.41, 5.74) is 0.334. The van der Waals surface area contributed by atoms with Gasteiger partial charge in [0.2, 0.25) is 5.91 Å². The standard InChI is InChI=1S/C17H28N2O/c20-16(14-7-3-1-4-8-14)19-15-9-12-18-17(13-15)10-5-2-6-11-17/h1,3,14-15,18H,2,4-13H2,(H,19,20). The fraction of sp³-hybridized carbons (Fsp3) is 0.824.